The van der Waals surface area contributed by atoms with Gasteiger partial charge in [-0.25, -0.2) is 8.42 Å². The molecule has 3 saturated heterocycles. The van der Waals surface area contributed by atoms with Crippen molar-refractivity contribution in [3.05, 3.63) is 29.3 Å². The lowest BCUT2D eigenvalue weighted by molar-refractivity contribution is 0.0693. The Labute approximate surface area is 197 Å². The SMILES string of the molecule is Cc1ccc(S(=O)(=O)N2CCCC2)cc1C(=O)N1CCN(S(=O)(=O)N2CCCCCC2)CC1. The third kappa shape index (κ3) is 5.12. The largest absolute Gasteiger partial charge is 0.336 e. The minimum Gasteiger partial charge on any atom is -0.336 e. The van der Waals surface area contributed by atoms with Crippen LogP contribution in [0.25, 0.3) is 0 Å². The Bertz CT molecular complexity index is 1070. The Kier molecular flexibility index (Phi) is 7.44. The van der Waals surface area contributed by atoms with Gasteiger partial charge in [0.1, 0.15) is 0 Å². The first-order valence-corrected chi connectivity index (χ1v) is 14.7. The molecule has 33 heavy (non-hydrogen) atoms. The van der Waals surface area contributed by atoms with Gasteiger partial charge in [0.25, 0.3) is 16.1 Å². The summed E-state index contributed by atoms with van der Waals surface area (Å²) >= 11 is 0. The number of sulfonamides is 1. The highest BCUT2D eigenvalue weighted by Gasteiger charge is 2.34. The van der Waals surface area contributed by atoms with Gasteiger partial charge in [-0.3, -0.25) is 4.79 Å². The lowest BCUT2D eigenvalue weighted by Crippen LogP contribution is -2.54. The second-order valence-electron chi connectivity index (χ2n) is 9.10. The molecule has 0 bridgehead atoms. The minimum atomic E-state index is -3.62. The molecule has 1 aromatic rings. The van der Waals surface area contributed by atoms with Crippen molar-refractivity contribution in [3.63, 3.8) is 0 Å². The Balaban J connectivity index is 1.45. The second kappa shape index (κ2) is 9.99. The van der Waals surface area contributed by atoms with Gasteiger partial charge in [-0.2, -0.15) is 21.3 Å². The summed E-state index contributed by atoms with van der Waals surface area (Å²) in [6.07, 6.45) is 5.57. The predicted molar refractivity (Wildman–Crippen MR) is 126 cm³/mol. The molecule has 184 valence electrons. The molecule has 0 N–H and O–H groups in total. The van der Waals surface area contributed by atoms with E-state index in [0.29, 0.717) is 37.3 Å². The molecular formula is C22H34N4O5S2. The normalized spacial score (nSPS) is 22.4. The fourth-order valence-electron chi connectivity index (χ4n) is 4.80. The zero-order valence-electron chi connectivity index (χ0n) is 19.3. The smallest absolute Gasteiger partial charge is 0.282 e. The van der Waals surface area contributed by atoms with Gasteiger partial charge in [-0.05, 0) is 50.3 Å². The van der Waals surface area contributed by atoms with Crippen molar-refractivity contribution in [1.29, 1.82) is 0 Å². The summed E-state index contributed by atoms with van der Waals surface area (Å²) in [4.78, 5) is 15.0. The van der Waals surface area contributed by atoms with Crippen LogP contribution < -0.4 is 0 Å². The number of nitrogens with zero attached hydrogens (tertiary/aromatic N) is 4. The number of piperazine rings is 1. The summed E-state index contributed by atoms with van der Waals surface area (Å²) in [5.41, 5.74) is 1.07. The summed E-state index contributed by atoms with van der Waals surface area (Å²) in [7, 11) is -7.14. The fraction of sp³-hybridized carbons (Fsp3) is 0.682. The van der Waals surface area contributed by atoms with Crippen molar-refractivity contribution in [3.8, 4) is 0 Å². The van der Waals surface area contributed by atoms with E-state index in [1.165, 1.54) is 14.7 Å². The molecule has 0 unspecified atom stereocenters. The lowest BCUT2D eigenvalue weighted by atomic mass is 10.1. The lowest BCUT2D eigenvalue weighted by Gasteiger charge is -2.36. The van der Waals surface area contributed by atoms with Crippen molar-refractivity contribution >= 4 is 26.1 Å². The van der Waals surface area contributed by atoms with Crippen LogP contribution in [-0.4, -0.2) is 92.9 Å². The van der Waals surface area contributed by atoms with Crippen molar-refractivity contribution < 1.29 is 21.6 Å². The fourth-order valence-corrected chi connectivity index (χ4v) is 8.01. The molecule has 0 spiro atoms. The molecule has 1 amide bonds. The van der Waals surface area contributed by atoms with Crippen LogP contribution in [0.5, 0.6) is 0 Å². The van der Waals surface area contributed by atoms with E-state index in [1.807, 2.05) is 0 Å². The standard InChI is InChI=1S/C22H34N4O5S2/c1-19-8-9-20(32(28,29)24-10-6-7-11-24)18-21(19)22(27)23-14-16-26(17-15-23)33(30,31)25-12-4-2-3-5-13-25/h8-9,18H,2-7,10-17H2,1H3. The summed E-state index contributed by atoms with van der Waals surface area (Å²) in [5, 5.41) is 0. The van der Waals surface area contributed by atoms with Crippen LogP contribution in [0.15, 0.2) is 23.1 Å². The maximum atomic E-state index is 13.3. The zero-order valence-corrected chi connectivity index (χ0v) is 20.9. The van der Waals surface area contributed by atoms with Crippen LogP contribution in [0, 0.1) is 6.92 Å². The topological polar surface area (TPSA) is 98.3 Å². The Hall–Kier alpha value is -1.53. The van der Waals surface area contributed by atoms with Crippen LogP contribution in [0.4, 0.5) is 0 Å². The van der Waals surface area contributed by atoms with Crippen LogP contribution in [0.3, 0.4) is 0 Å². The van der Waals surface area contributed by atoms with Gasteiger partial charge in [0.05, 0.1) is 4.90 Å². The Morgan fingerprint density at radius 2 is 1.21 bits per heavy atom. The third-order valence-corrected chi connectivity index (χ3v) is 10.8. The number of benzene rings is 1. The first-order valence-electron chi connectivity index (χ1n) is 11.9. The molecule has 0 aliphatic carbocycles. The second-order valence-corrected chi connectivity index (χ2v) is 13.0. The monoisotopic (exact) mass is 498 g/mol. The molecule has 3 heterocycles. The van der Waals surface area contributed by atoms with Crippen molar-refractivity contribution in [2.45, 2.75) is 50.3 Å². The molecule has 0 saturated carbocycles. The molecule has 3 aliphatic heterocycles. The van der Waals surface area contributed by atoms with Crippen LogP contribution in [0.2, 0.25) is 0 Å². The van der Waals surface area contributed by atoms with Crippen molar-refractivity contribution in [1.82, 2.24) is 17.8 Å². The first-order chi connectivity index (χ1) is 15.7. The van der Waals surface area contributed by atoms with Gasteiger partial charge in [-0.1, -0.05) is 18.9 Å². The van der Waals surface area contributed by atoms with E-state index in [9.17, 15) is 21.6 Å². The van der Waals surface area contributed by atoms with E-state index in [-0.39, 0.29) is 37.0 Å². The highest BCUT2D eigenvalue weighted by molar-refractivity contribution is 7.89. The number of hydrogen-bond acceptors (Lipinski definition) is 5. The number of carbonyl (C=O) groups excluding carboxylic acids is 1. The number of amides is 1. The molecule has 4 rings (SSSR count). The van der Waals surface area contributed by atoms with Gasteiger partial charge in [0.2, 0.25) is 10.0 Å². The van der Waals surface area contributed by atoms with E-state index in [2.05, 4.69) is 0 Å². The van der Waals surface area contributed by atoms with Crippen molar-refractivity contribution in [2.75, 3.05) is 52.4 Å². The van der Waals surface area contributed by atoms with E-state index >= 15 is 0 Å². The average Bonchev–Trinajstić information content (AvgIpc) is 3.22. The molecule has 9 nitrogen and oxygen atoms in total. The molecule has 1 aromatic carbocycles. The maximum Gasteiger partial charge on any atom is 0.282 e. The van der Waals surface area contributed by atoms with Gasteiger partial charge >= 0.3 is 0 Å². The first kappa shape index (κ1) is 24.6. The molecular weight excluding hydrogens is 464 g/mol. The average molecular weight is 499 g/mol. The van der Waals surface area contributed by atoms with E-state index in [1.54, 1.807) is 28.3 Å². The van der Waals surface area contributed by atoms with Crippen LogP contribution in [0.1, 0.15) is 54.4 Å². The van der Waals surface area contributed by atoms with Gasteiger partial charge in [0.15, 0.2) is 0 Å². The van der Waals surface area contributed by atoms with Crippen LogP contribution >= 0.6 is 0 Å². The molecule has 0 atom stereocenters. The van der Waals surface area contributed by atoms with E-state index in [4.69, 9.17) is 0 Å². The minimum absolute atomic E-state index is 0.140. The number of rotatable bonds is 5. The highest BCUT2D eigenvalue weighted by atomic mass is 32.2. The Morgan fingerprint density at radius 1 is 0.697 bits per heavy atom. The maximum absolute atomic E-state index is 13.3. The zero-order chi connectivity index (χ0) is 23.6. The molecule has 0 radical (unpaired) electrons. The van der Waals surface area contributed by atoms with Crippen molar-refractivity contribution in [2.24, 2.45) is 0 Å². The molecule has 3 fully saturated rings. The van der Waals surface area contributed by atoms with E-state index < -0.39 is 20.2 Å². The van der Waals surface area contributed by atoms with Gasteiger partial charge in [-0.15, -0.1) is 0 Å². The Morgan fingerprint density at radius 3 is 1.82 bits per heavy atom. The van der Waals surface area contributed by atoms with Crippen LogP contribution in [-0.2, 0) is 20.2 Å². The summed E-state index contributed by atoms with van der Waals surface area (Å²) < 4.78 is 56.5. The molecule has 0 aromatic heterocycles. The quantitative estimate of drug-likeness (QED) is 0.615. The number of aryl methyl sites for hydroxylation is 1. The number of hydrogen-bond donors (Lipinski definition) is 0. The summed E-state index contributed by atoms with van der Waals surface area (Å²) in [5.74, 6) is -0.252. The number of carbonyl (C=O) groups is 1. The molecule has 11 heteroatoms. The predicted octanol–water partition coefficient (Wildman–Crippen LogP) is 1.66. The van der Waals surface area contributed by atoms with Gasteiger partial charge < -0.3 is 4.90 Å². The highest BCUT2D eigenvalue weighted by Crippen LogP contribution is 2.25. The summed E-state index contributed by atoms with van der Waals surface area (Å²) in [6, 6.07) is 4.72. The van der Waals surface area contributed by atoms with Gasteiger partial charge in [0, 0.05) is 57.9 Å². The summed E-state index contributed by atoms with van der Waals surface area (Å²) in [6.45, 7) is 4.98. The molecule has 3 aliphatic rings. The third-order valence-electron chi connectivity index (χ3n) is 6.89. The van der Waals surface area contributed by atoms with E-state index in [0.717, 1.165) is 38.5 Å².